The van der Waals surface area contributed by atoms with Gasteiger partial charge in [0, 0.05) is 50.9 Å². The summed E-state index contributed by atoms with van der Waals surface area (Å²) in [5, 5.41) is 0. The van der Waals surface area contributed by atoms with Gasteiger partial charge in [0.2, 0.25) is 0 Å². The second kappa shape index (κ2) is 10.6. The topological polar surface area (TPSA) is 65.5 Å². The van der Waals surface area contributed by atoms with Gasteiger partial charge >= 0.3 is 12.1 Å². The molecule has 2 aliphatic rings. The minimum absolute atomic E-state index is 0.298. The van der Waals surface area contributed by atoms with Crippen LogP contribution in [0.15, 0.2) is 65.4 Å². The third-order valence-electron chi connectivity index (χ3n) is 5.66. The highest BCUT2D eigenvalue weighted by Gasteiger charge is 2.36. The Morgan fingerprint density at radius 2 is 1.69 bits per heavy atom. The summed E-state index contributed by atoms with van der Waals surface area (Å²) in [5.41, 5.74) is 0.390. The number of hydrogen-bond donors (Lipinski definition) is 0. The number of carbonyl (C=O) groups is 2. The number of piperazine rings is 1. The lowest BCUT2D eigenvalue weighted by Gasteiger charge is -2.38. The molecule has 4 rings (SSSR count). The molecule has 0 aliphatic carbocycles. The molecule has 2 aromatic rings. The van der Waals surface area contributed by atoms with Gasteiger partial charge in [-0.05, 0) is 42.3 Å². The fourth-order valence-electron chi connectivity index (χ4n) is 3.90. The highest BCUT2D eigenvalue weighted by Crippen LogP contribution is 2.32. The van der Waals surface area contributed by atoms with Gasteiger partial charge in [-0.15, -0.1) is 0 Å². The minimum atomic E-state index is -4.59. The molecule has 0 atom stereocenters. The van der Waals surface area contributed by atoms with E-state index in [1.54, 1.807) is 41.7 Å². The van der Waals surface area contributed by atoms with Crippen molar-refractivity contribution in [3.8, 4) is 17.7 Å². The van der Waals surface area contributed by atoms with E-state index in [4.69, 9.17) is 4.74 Å². The second-order valence-corrected chi connectivity index (χ2v) is 8.19. The molecular formula is C26H23F3N4O3. The first-order chi connectivity index (χ1) is 17.2. The zero-order valence-electron chi connectivity index (χ0n) is 19.5. The number of aliphatic imine (C=N–C) groups is 1. The van der Waals surface area contributed by atoms with Crippen LogP contribution in [0.4, 0.5) is 13.2 Å². The number of halogens is 3. The van der Waals surface area contributed by atoms with Gasteiger partial charge in [0.1, 0.15) is 12.1 Å². The lowest BCUT2D eigenvalue weighted by molar-refractivity contribution is -0.138. The molecule has 0 aromatic heterocycles. The summed E-state index contributed by atoms with van der Waals surface area (Å²) in [6.45, 7) is 3.35. The molecule has 36 heavy (non-hydrogen) atoms. The van der Waals surface area contributed by atoms with E-state index in [1.807, 2.05) is 0 Å². The summed E-state index contributed by atoms with van der Waals surface area (Å²) in [5.74, 6) is 2.46. The van der Waals surface area contributed by atoms with E-state index in [0.717, 1.165) is 17.3 Å². The molecule has 1 amide bonds. The molecule has 0 saturated carbocycles. The van der Waals surface area contributed by atoms with Crippen LogP contribution >= 0.6 is 0 Å². The molecule has 10 heteroatoms. The SMILES string of the molecule is CC(=O)Oc1ccc(C#CN2C=NC=C(N3CCN(C(=O)c4ccccc4C(F)(F)F)CC3)C2)cc1. The largest absolute Gasteiger partial charge is 0.427 e. The van der Waals surface area contributed by atoms with Crippen LogP contribution in [0.3, 0.4) is 0 Å². The fraction of sp³-hybridized carbons (Fsp3) is 0.269. The summed E-state index contributed by atoms with van der Waals surface area (Å²) in [6.07, 6.45) is -1.26. The number of rotatable bonds is 3. The van der Waals surface area contributed by atoms with Gasteiger partial charge in [0.15, 0.2) is 0 Å². The maximum atomic E-state index is 13.3. The van der Waals surface area contributed by atoms with Crippen molar-refractivity contribution in [1.82, 2.24) is 14.7 Å². The maximum absolute atomic E-state index is 13.3. The Kier molecular flexibility index (Phi) is 7.29. The van der Waals surface area contributed by atoms with E-state index >= 15 is 0 Å². The third-order valence-corrected chi connectivity index (χ3v) is 5.66. The Bertz CT molecular complexity index is 1250. The number of carbonyl (C=O) groups excluding carboxylic acids is 2. The zero-order valence-corrected chi connectivity index (χ0v) is 19.5. The first-order valence-corrected chi connectivity index (χ1v) is 11.2. The van der Waals surface area contributed by atoms with Crippen LogP contribution < -0.4 is 4.74 Å². The van der Waals surface area contributed by atoms with Crippen molar-refractivity contribution in [3.05, 3.63) is 77.1 Å². The van der Waals surface area contributed by atoms with Crippen LogP contribution in [0.2, 0.25) is 0 Å². The summed E-state index contributed by atoms with van der Waals surface area (Å²) in [7, 11) is 0. The molecule has 2 heterocycles. The van der Waals surface area contributed by atoms with Gasteiger partial charge in [0.05, 0.1) is 23.4 Å². The second-order valence-electron chi connectivity index (χ2n) is 8.19. The van der Waals surface area contributed by atoms with Crippen LogP contribution in [-0.4, -0.2) is 65.6 Å². The van der Waals surface area contributed by atoms with E-state index in [0.29, 0.717) is 38.5 Å². The predicted molar refractivity (Wildman–Crippen MR) is 127 cm³/mol. The highest BCUT2D eigenvalue weighted by atomic mass is 19.4. The maximum Gasteiger partial charge on any atom is 0.417 e. The standard InChI is InChI=1S/C26H23F3N4O3/c1-19(34)36-22-8-6-20(7-9-22)10-11-31-17-21(16-30-18-31)32-12-14-33(15-13-32)25(35)23-4-2-3-5-24(23)26(27,28)29/h2-9,16,18H,12-15,17H2,1H3. The predicted octanol–water partition coefficient (Wildman–Crippen LogP) is 3.58. The number of amides is 1. The van der Waals surface area contributed by atoms with E-state index in [1.165, 1.54) is 30.0 Å². The molecule has 0 N–H and O–H groups in total. The summed E-state index contributed by atoms with van der Waals surface area (Å²) in [6, 6.07) is 14.7. The summed E-state index contributed by atoms with van der Waals surface area (Å²) in [4.78, 5) is 33.3. The molecular weight excluding hydrogens is 473 g/mol. The molecule has 7 nitrogen and oxygen atoms in total. The van der Waals surface area contributed by atoms with E-state index in [-0.39, 0.29) is 5.56 Å². The Labute approximate surface area is 206 Å². The van der Waals surface area contributed by atoms with Crippen LogP contribution in [-0.2, 0) is 11.0 Å². The first kappa shape index (κ1) is 24.9. The number of nitrogens with zero attached hydrogens (tertiary/aromatic N) is 4. The molecule has 186 valence electrons. The van der Waals surface area contributed by atoms with Gasteiger partial charge in [-0.2, -0.15) is 13.2 Å². The molecule has 0 unspecified atom stereocenters. The van der Waals surface area contributed by atoms with Crippen molar-refractivity contribution in [2.45, 2.75) is 13.1 Å². The van der Waals surface area contributed by atoms with Gasteiger partial charge in [-0.3, -0.25) is 14.5 Å². The number of benzene rings is 2. The number of hydrogen-bond acceptors (Lipinski definition) is 6. The minimum Gasteiger partial charge on any atom is -0.427 e. The molecule has 2 aliphatic heterocycles. The first-order valence-electron chi connectivity index (χ1n) is 11.2. The average molecular weight is 496 g/mol. The van der Waals surface area contributed by atoms with Crippen LogP contribution in [0.25, 0.3) is 0 Å². The van der Waals surface area contributed by atoms with E-state index in [2.05, 4.69) is 21.9 Å². The highest BCUT2D eigenvalue weighted by molar-refractivity contribution is 5.96. The molecule has 0 radical (unpaired) electrons. The van der Waals surface area contributed by atoms with Crippen LogP contribution in [0.1, 0.15) is 28.4 Å². The average Bonchev–Trinajstić information content (AvgIpc) is 2.87. The summed E-state index contributed by atoms with van der Waals surface area (Å²) < 4.78 is 45.0. The lowest BCUT2D eigenvalue weighted by Crippen LogP contribution is -2.49. The van der Waals surface area contributed by atoms with Gasteiger partial charge in [-0.1, -0.05) is 12.1 Å². The van der Waals surface area contributed by atoms with Crippen molar-refractivity contribution in [1.29, 1.82) is 0 Å². The Hall–Kier alpha value is -4.26. The third kappa shape index (κ3) is 6.05. The van der Waals surface area contributed by atoms with Crippen molar-refractivity contribution in [2.24, 2.45) is 4.99 Å². The molecule has 1 saturated heterocycles. The van der Waals surface area contributed by atoms with Crippen molar-refractivity contribution >= 4 is 18.2 Å². The molecule has 0 bridgehead atoms. The lowest BCUT2D eigenvalue weighted by atomic mass is 10.1. The molecule has 1 fully saturated rings. The van der Waals surface area contributed by atoms with Gasteiger partial charge in [-0.25, -0.2) is 4.99 Å². The molecule has 0 spiro atoms. The zero-order chi connectivity index (χ0) is 25.7. The Morgan fingerprint density at radius 1 is 1.00 bits per heavy atom. The number of alkyl halides is 3. The number of esters is 1. The Morgan fingerprint density at radius 3 is 2.36 bits per heavy atom. The van der Waals surface area contributed by atoms with Crippen LogP contribution in [0, 0.1) is 12.0 Å². The smallest absolute Gasteiger partial charge is 0.417 e. The number of ether oxygens (including phenoxy) is 1. The molecule has 2 aromatic carbocycles. The fourth-order valence-corrected chi connectivity index (χ4v) is 3.90. The van der Waals surface area contributed by atoms with E-state index < -0.39 is 23.6 Å². The van der Waals surface area contributed by atoms with E-state index in [9.17, 15) is 22.8 Å². The monoisotopic (exact) mass is 496 g/mol. The van der Waals surface area contributed by atoms with Gasteiger partial charge in [0.25, 0.3) is 5.91 Å². The van der Waals surface area contributed by atoms with Gasteiger partial charge < -0.3 is 14.5 Å². The van der Waals surface area contributed by atoms with Crippen molar-refractivity contribution in [3.63, 3.8) is 0 Å². The summed E-state index contributed by atoms with van der Waals surface area (Å²) >= 11 is 0. The normalized spacial score (nSPS) is 15.7. The Balaban J connectivity index is 1.34. The van der Waals surface area contributed by atoms with Crippen molar-refractivity contribution < 1.29 is 27.5 Å². The quantitative estimate of drug-likeness (QED) is 0.369. The van der Waals surface area contributed by atoms with Crippen LogP contribution in [0.5, 0.6) is 5.75 Å². The van der Waals surface area contributed by atoms with Crippen molar-refractivity contribution in [2.75, 3.05) is 32.7 Å².